The molecule has 1 aliphatic heterocycles. The van der Waals surface area contributed by atoms with Crippen molar-refractivity contribution in [2.45, 2.75) is 19.3 Å². The van der Waals surface area contributed by atoms with Crippen LogP contribution < -0.4 is 0 Å². The lowest BCUT2D eigenvalue weighted by Gasteiger charge is -2.35. The van der Waals surface area contributed by atoms with E-state index in [1.54, 1.807) is 6.08 Å². The average molecular weight is 177 g/mol. The van der Waals surface area contributed by atoms with Crippen molar-refractivity contribution >= 4 is 5.78 Å². The van der Waals surface area contributed by atoms with Crippen LogP contribution in [-0.4, -0.2) is 19.0 Å². The van der Waals surface area contributed by atoms with Gasteiger partial charge in [0.1, 0.15) is 5.41 Å². The van der Waals surface area contributed by atoms with Gasteiger partial charge in [0.15, 0.2) is 5.78 Å². The molecule has 0 aromatic heterocycles. The predicted octanol–water partition coefficient (Wildman–Crippen LogP) is 1.21. The second-order valence-corrected chi connectivity index (χ2v) is 3.63. The van der Waals surface area contributed by atoms with E-state index in [-0.39, 0.29) is 5.78 Å². The highest BCUT2D eigenvalue weighted by Gasteiger charge is 2.40. The number of nitriles is 1. The molecule has 1 aliphatic carbocycles. The first-order chi connectivity index (χ1) is 6.27. The summed E-state index contributed by atoms with van der Waals surface area (Å²) >= 11 is 0. The maximum absolute atomic E-state index is 11.1. The number of allylic oxidation sites excluding steroid dienone is 1. The van der Waals surface area contributed by atoms with Gasteiger partial charge in [0.05, 0.1) is 19.3 Å². The number of carbonyl (C=O) groups is 1. The summed E-state index contributed by atoms with van der Waals surface area (Å²) in [6.45, 7) is 1.10. The van der Waals surface area contributed by atoms with Gasteiger partial charge in [-0.25, -0.2) is 0 Å². The van der Waals surface area contributed by atoms with Gasteiger partial charge in [0.2, 0.25) is 0 Å². The van der Waals surface area contributed by atoms with Gasteiger partial charge < -0.3 is 4.74 Å². The van der Waals surface area contributed by atoms with E-state index in [1.807, 2.05) is 0 Å². The second kappa shape index (κ2) is 2.97. The molecule has 68 valence electrons. The first-order valence-corrected chi connectivity index (χ1v) is 4.50. The Balaban J connectivity index is 2.37. The van der Waals surface area contributed by atoms with E-state index < -0.39 is 5.41 Å². The van der Waals surface area contributed by atoms with E-state index >= 15 is 0 Å². The third kappa shape index (κ3) is 1.27. The smallest absolute Gasteiger partial charge is 0.155 e. The molecule has 0 bridgehead atoms. The van der Waals surface area contributed by atoms with Crippen LogP contribution in [0.3, 0.4) is 0 Å². The SMILES string of the molecule is N#CC12CCC(=O)C=C1CCOC2. The molecule has 3 nitrogen and oxygen atoms in total. The topological polar surface area (TPSA) is 50.1 Å². The number of hydrogen-bond acceptors (Lipinski definition) is 3. The van der Waals surface area contributed by atoms with Crippen LogP contribution in [0.2, 0.25) is 0 Å². The largest absolute Gasteiger partial charge is 0.379 e. The molecule has 0 aromatic rings. The lowest BCUT2D eigenvalue weighted by Crippen LogP contribution is -2.36. The highest BCUT2D eigenvalue weighted by molar-refractivity contribution is 5.91. The van der Waals surface area contributed by atoms with Crippen molar-refractivity contribution in [2.75, 3.05) is 13.2 Å². The minimum atomic E-state index is -0.480. The van der Waals surface area contributed by atoms with Crippen molar-refractivity contribution < 1.29 is 9.53 Å². The minimum absolute atomic E-state index is 0.155. The zero-order valence-corrected chi connectivity index (χ0v) is 7.38. The molecular formula is C10H11NO2. The molecule has 1 atom stereocenters. The number of nitrogens with zero attached hydrogens (tertiary/aromatic N) is 1. The maximum Gasteiger partial charge on any atom is 0.155 e. The average Bonchev–Trinajstić information content (AvgIpc) is 2.18. The van der Waals surface area contributed by atoms with Gasteiger partial charge in [-0.05, 0) is 24.5 Å². The molecule has 0 aromatic carbocycles. The Morgan fingerprint density at radius 1 is 1.54 bits per heavy atom. The van der Waals surface area contributed by atoms with E-state index in [0.717, 1.165) is 12.0 Å². The minimum Gasteiger partial charge on any atom is -0.379 e. The van der Waals surface area contributed by atoms with E-state index in [1.165, 1.54) is 0 Å². The molecule has 1 fully saturated rings. The first kappa shape index (κ1) is 8.46. The molecule has 1 saturated heterocycles. The molecule has 1 unspecified atom stereocenters. The predicted molar refractivity (Wildman–Crippen MR) is 45.8 cm³/mol. The molecule has 1 heterocycles. The van der Waals surface area contributed by atoms with Gasteiger partial charge in [0, 0.05) is 6.42 Å². The van der Waals surface area contributed by atoms with Crippen LogP contribution in [0.5, 0.6) is 0 Å². The van der Waals surface area contributed by atoms with E-state index in [9.17, 15) is 4.79 Å². The highest BCUT2D eigenvalue weighted by atomic mass is 16.5. The number of ether oxygens (including phenoxy) is 1. The Kier molecular flexibility index (Phi) is 1.93. The monoisotopic (exact) mass is 177 g/mol. The summed E-state index contributed by atoms with van der Waals surface area (Å²) in [4.78, 5) is 11.1. The van der Waals surface area contributed by atoms with Crippen LogP contribution in [0.1, 0.15) is 19.3 Å². The number of ketones is 1. The third-order valence-electron chi connectivity index (χ3n) is 2.83. The molecule has 2 rings (SSSR count). The van der Waals surface area contributed by atoms with Crippen molar-refractivity contribution in [3.63, 3.8) is 0 Å². The van der Waals surface area contributed by atoms with Gasteiger partial charge in [-0.1, -0.05) is 0 Å². The molecule has 0 radical (unpaired) electrons. The van der Waals surface area contributed by atoms with Gasteiger partial charge in [-0.15, -0.1) is 0 Å². The fourth-order valence-corrected chi connectivity index (χ4v) is 1.97. The van der Waals surface area contributed by atoms with Crippen molar-refractivity contribution in [1.82, 2.24) is 0 Å². The van der Waals surface area contributed by atoms with Crippen LogP contribution in [0.4, 0.5) is 0 Å². The van der Waals surface area contributed by atoms with Gasteiger partial charge in [-0.3, -0.25) is 4.79 Å². The molecule has 0 N–H and O–H groups in total. The van der Waals surface area contributed by atoms with Crippen LogP contribution in [0.15, 0.2) is 11.6 Å². The Morgan fingerprint density at radius 3 is 3.15 bits per heavy atom. The van der Waals surface area contributed by atoms with E-state index in [2.05, 4.69) is 6.07 Å². The van der Waals surface area contributed by atoms with Gasteiger partial charge in [-0.2, -0.15) is 5.26 Å². The summed E-state index contributed by atoms with van der Waals surface area (Å²) in [6, 6.07) is 2.29. The van der Waals surface area contributed by atoms with Gasteiger partial charge >= 0.3 is 0 Å². The van der Waals surface area contributed by atoms with Crippen LogP contribution >= 0.6 is 0 Å². The van der Waals surface area contributed by atoms with Crippen LogP contribution in [-0.2, 0) is 9.53 Å². The van der Waals surface area contributed by atoms with Crippen molar-refractivity contribution in [1.29, 1.82) is 5.26 Å². The molecule has 2 aliphatic rings. The van der Waals surface area contributed by atoms with Crippen LogP contribution in [0.25, 0.3) is 0 Å². The normalized spacial score (nSPS) is 33.2. The summed E-state index contributed by atoms with van der Waals surface area (Å²) in [6.07, 6.45) is 3.50. The third-order valence-corrected chi connectivity index (χ3v) is 2.83. The number of carbonyl (C=O) groups excluding carboxylic acids is 1. The summed E-state index contributed by atoms with van der Waals surface area (Å²) in [5, 5.41) is 9.08. The zero-order chi connectivity index (χ0) is 9.31. The maximum atomic E-state index is 11.1. The summed E-state index contributed by atoms with van der Waals surface area (Å²) in [7, 11) is 0. The van der Waals surface area contributed by atoms with Crippen LogP contribution in [0, 0.1) is 16.7 Å². The van der Waals surface area contributed by atoms with Crippen molar-refractivity contribution in [2.24, 2.45) is 5.41 Å². The number of rotatable bonds is 0. The summed E-state index contributed by atoms with van der Waals surface area (Å²) < 4.78 is 5.29. The van der Waals surface area contributed by atoms with Crippen molar-refractivity contribution in [3.05, 3.63) is 11.6 Å². The molecule has 0 saturated carbocycles. The highest BCUT2D eigenvalue weighted by Crippen LogP contribution is 2.40. The number of fused-ring (bicyclic) bond motifs is 1. The molecular weight excluding hydrogens is 166 g/mol. The lowest BCUT2D eigenvalue weighted by atomic mass is 9.71. The molecule has 3 heteroatoms. The Bertz CT molecular complexity index is 313. The Hall–Kier alpha value is -1.14. The summed E-state index contributed by atoms with van der Waals surface area (Å²) in [5.41, 5.74) is 0.504. The van der Waals surface area contributed by atoms with E-state index in [0.29, 0.717) is 26.1 Å². The van der Waals surface area contributed by atoms with E-state index in [4.69, 9.17) is 10.00 Å². The summed E-state index contributed by atoms with van der Waals surface area (Å²) in [5.74, 6) is 0.155. The Morgan fingerprint density at radius 2 is 2.38 bits per heavy atom. The quantitative estimate of drug-likeness (QED) is 0.558. The van der Waals surface area contributed by atoms with Gasteiger partial charge in [0.25, 0.3) is 0 Å². The standard InChI is InChI=1S/C10H11NO2/c11-6-10-3-1-9(12)5-8(10)2-4-13-7-10/h5H,1-4,7H2. The fraction of sp³-hybridized carbons (Fsp3) is 0.600. The molecule has 0 spiro atoms. The molecule has 13 heavy (non-hydrogen) atoms. The second-order valence-electron chi connectivity index (χ2n) is 3.63. The molecule has 0 amide bonds. The first-order valence-electron chi connectivity index (χ1n) is 4.50. The fourth-order valence-electron chi connectivity index (χ4n) is 1.97. The lowest BCUT2D eigenvalue weighted by molar-refractivity contribution is -0.116. The number of hydrogen-bond donors (Lipinski definition) is 0. The zero-order valence-electron chi connectivity index (χ0n) is 7.38. The Labute approximate surface area is 77.0 Å². The van der Waals surface area contributed by atoms with Crippen molar-refractivity contribution in [3.8, 4) is 6.07 Å².